The predicted molar refractivity (Wildman–Crippen MR) is 427 cm³/mol. The van der Waals surface area contributed by atoms with Crippen LogP contribution in [0.15, 0.2) is 60.7 Å². The Hall–Kier alpha value is -3.98. The van der Waals surface area contributed by atoms with Gasteiger partial charge in [-0.05, 0) is 149 Å². The number of rotatable bonds is 60. The quantitative estimate of drug-likeness (QED) is 0.0321. The minimum absolute atomic E-state index is 0.694. The van der Waals surface area contributed by atoms with Crippen LogP contribution in [0.2, 0.25) is 0 Å². The van der Waals surface area contributed by atoms with E-state index in [-0.39, 0.29) is 0 Å². The maximum atomic E-state index is 6.57. The molecule has 98 heavy (non-hydrogen) atoms. The molecule has 0 atom stereocenters. The Morgan fingerprint density at radius 1 is 0.204 bits per heavy atom. The zero-order chi connectivity index (χ0) is 72.5. The lowest BCUT2D eigenvalue weighted by Gasteiger charge is -2.36. The van der Waals surface area contributed by atoms with Gasteiger partial charge in [0.2, 0.25) is 0 Å². The number of ether oxygens (including phenoxy) is 4. The van der Waals surface area contributed by atoms with Gasteiger partial charge in [-0.1, -0.05) is 128 Å². The standard InChI is InChI=1S/C86H162N8O4/c1-21-25-29-33-53-87(5,6)61-65-91(13,14)57-37-41-69-95-83-73-81(74-84(77-83)96-70-42-38-58-92(15,16)66-62-88(7,8)54-34-30-26-22-2)51-49-79-45-47-80(48-46-79)50-52-82-75-85(97-71-43-39-59-93(17,18)67-63-89(9,10)55-35-31-27-23-3)78-86(76-82)98-72-44-40-60-94(19,20)68-64-90(11,12)56-36-32-28-24-4/h45-52,73-78H,21-44,53-72H2,1-20H3/q+8/b51-49+,52-50+. The Labute approximate surface area is 607 Å². The second-order valence-electron chi connectivity index (χ2n) is 35.3. The highest BCUT2D eigenvalue weighted by Crippen LogP contribution is 2.28. The van der Waals surface area contributed by atoms with Crippen molar-refractivity contribution in [3.63, 3.8) is 0 Å². The van der Waals surface area contributed by atoms with Crippen molar-refractivity contribution >= 4 is 24.3 Å². The summed E-state index contributed by atoms with van der Waals surface area (Å²) in [6.07, 6.45) is 38.8. The molecular weight excluding hydrogens is 1210 g/mol. The van der Waals surface area contributed by atoms with Gasteiger partial charge in [0, 0.05) is 12.1 Å². The van der Waals surface area contributed by atoms with Crippen LogP contribution in [-0.2, 0) is 0 Å². The highest BCUT2D eigenvalue weighted by atomic mass is 16.5. The molecule has 3 aromatic carbocycles. The van der Waals surface area contributed by atoms with Gasteiger partial charge < -0.3 is 54.8 Å². The molecule has 0 fully saturated rings. The summed E-state index contributed by atoms with van der Waals surface area (Å²) in [5, 5.41) is 0. The fourth-order valence-electron chi connectivity index (χ4n) is 13.1. The lowest BCUT2D eigenvalue weighted by molar-refractivity contribution is -0.946. The van der Waals surface area contributed by atoms with Crippen LogP contribution >= 0.6 is 0 Å². The minimum atomic E-state index is 0.694. The SMILES string of the molecule is CCCCCC[N+](C)(C)CC[N+](C)(C)CCCCOc1cc(/C=C/c2ccc(/C=C/c3cc(OCCCC[N+](C)(C)CC[N+](C)(C)CCCCCC)cc(OCCCC[N+](C)(C)CC[N+](C)(C)CCCCCC)c3)cc2)cc(OCCCC[N+](C)(C)CC[N+](C)(C)CCCCCC)c1. The van der Waals surface area contributed by atoms with Crippen molar-refractivity contribution in [2.75, 3.05) is 244 Å². The molecular formula is C86H162N8O4+8. The van der Waals surface area contributed by atoms with Gasteiger partial charge in [0.05, 0.1) is 192 Å². The largest absolute Gasteiger partial charge is 0.493 e. The number of nitrogens with zero attached hydrogens (tertiary/aromatic N) is 8. The molecule has 0 heterocycles. The molecule has 0 aliphatic rings. The second kappa shape index (κ2) is 46.6. The van der Waals surface area contributed by atoms with Crippen molar-refractivity contribution in [1.29, 1.82) is 0 Å². The average molecular weight is 1370 g/mol. The fraction of sp³-hybridized carbons (Fsp3) is 0.744. The van der Waals surface area contributed by atoms with Crippen LogP contribution in [0.3, 0.4) is 0 Å². The van der Waals surface area contributed by atoms with E-state index in [0.29, 0.717) is 26.4 Å². The number of hydrogen-bond acceptors (Lipinski definition) is 4. The maximum absolute atomic E-state index is 6.57. The Bertz CT molecular complexity index is 2290. The summed E-state index contributed by atoms with van der Waals surface area (Å²) in [7, 11) is 38.5. The summed E-state index contributed by atoms with van der Waals surface area (Å²) in [6.45, 7) is 31.3. The van der Waals surface area contributed by atoms with E-state index in [1.165, 1.54) is 181 Å². The number of benzene rings is 3. The number of quaternary nitrogens is 8. The lowest BCUT2D eigenvalue weighted by Crippen LogP contribution is -2.51. The highest BCUT2D eigenvalue weighted by Gasteiger charge is 2.27. The second-order valence-corrected chi connectivity index (χ2v) is 35.3. The summed E-state index contributed by atoms with van der Waals surface area (Å²) in [6, 6.07) is 21.8. The van der Waals surface area contributed by atoms with Crippen LogP contribution in [0.1, 0.15) is 204 Å². The first-order valence-corrected chi connectivity index (χ1v) is 40.1. The van der Waals surface area contributed by atoms with E-state index in [1.807, 2.05) is 0 Å². The van der Waals surface area contributed by atoms with E-state index >= 15 is 0 Å². The number of hydrogen-bond donors (Lipinski definition) is 0. The molecule has 0 N–H and O–H groups in total. The number of likely N-dealkylation sites (N-methyl/N-ethyl adjacent to an activating group) is 8. The third kappa shape index (κ3) is 43.7. The van der Waals surface area contributed by atoms with E-state index in [9.17, 15) is 0 Å². The molecule has 0 saturated heterocycles. The minimum Gasteiger partial charge on any atom is -0.493 e. The van der Waals surface area contributed by atoms with E-state index < -0.39 is 0 Å². The molecule has 12 heteroatoms. The Kier molecular flexibility index (Phi) is 42.0. The van der Waals surface area contributed by atoms with Gasteiger partial charge in [0.1, 0.15) is 75.4 Å². The van der Waals surface area contributed by atoms with Crippen molar-refractivity contribution < 1.29 is 54.8 Å². The molecule has 0 amide bonds. The first-order valence-electron chi connectivity index (χ1n) is 40.1. The molecule has 0 aromatic heterocycles. The first kappa shape index (κ1) is 88.2. The smallest absolute Gasteiger partial charge is 0.128 e. The average Bonchev–Trinajstić information content (AvgIpc) is 1.07. The molecule has 3 aromatic rings. The molecule has 0 aliphatic carbocycles. The van der Waals surface area contributed by atoms with Crippen LogP contribution in [0.4, 0.5) is 0 Å². The van der Waals surface area contributed by atoms with Gasteiger partial charge in [0.25, 0.3) is 0 Å². The van der Waals surface area contributed by atoms with Gasteiger partial charge in [-0.15, -0.1) is 0 Å². The van der Waals surface area contributed by atoms with Gasteiger partial charge >= 0.3 is 0 Å². The van der Waals surface area contributed by atoms with Gasteiger partial charge in [-0.3, -0.25) is 0 Å². The highest BCUT2D eigenvalue weighted by molar-refractivity contribution is 5.74. The Morgan fingerprint density at radius 3 is 0.561 bits per heavy atom. The Morgan fingerprint density at radius 2 is 0.378 bits per heavy atom. The van der Waals surface area contributed by atoms with Crippen molar-refractivity contribution in [1.82, 2.24) is 0 Å². The zero-order valence-corrected chi connectivity index (χ0v) is 68.4. The third-order valence-corrected chi connectivity index (χ3v) is 21.1. The van der Waals surface area contributed by atoms with E-state index in [0.717, 1.165) is 159 Å². The van der Waals surface area contributed by atoms with E-state index in [2.05, 4.69) is 225 Å². The van der Waals surface area contributed by atoms with E-state index in [1.54, 1.807) is 0 Å². The fourth-order valence-corrected chi connectivity index (χ4v) is 13.1. The van der Waals surface area contributed by atoms with Gasteiger partial charge in [-0.2, -0.15) is 0 Å². The molecule has 3 rings (SSSR count). The van der Waals surface area contributed by atoms with Crippen LogP contribution in [0, 0.1) is 0 Å². The topological polar surface area (TPSA) is 36.9 Å². The first-order chi connectivity index (χ1) is 46.3. The summed E-state index contributed by atoms with van der Waals surface area (Å²) in [4.78, 5) is 0. The van der Waals surface area contributed by atoms with Crippen molar-refractivity contribution in [2.45, 2.75) is 182 Å². The van der Waals surface area contributed by atoms with Crippen molar-refractivity contribution in [3.8, 4) is 23.0 Å². The normalized spacial score (nSPS) is 13.2. The number of unbranched alkanes of at least 4 members (excludes halogenated alkanes) is 16. The molecule has 0 unspecified atom stereocenters. The molecule has 0 bridgehead atoms. The van der Waals surface area contributed by atoms with Crippen molar-refractivity contribution in [3.05, 3.63) is 82.9 Å². The summed E-state index contributed by atoms with van der Waals surface area (Å²) in [5.41, 5.74) is 4.45. The zero-order valence-electron chi connectivity index (χ0n) is 68.4. The van der Waals surface area contributed by atoms with E-state index in [4.69, 9.17) is 18.9 Å². The van der Waals surface area contributed by atoms with Crippen LogP contribution in [0.5, 0.6) is 23.0 Å². The van der Waals surface area contributed by atoms with Crippen LogP contribution in [-0.4, -0.2) is 280 Å². The lowest BCUT2D eigenvalue weighted by atomic mass is 10.1. The molecule has 0 spiro atoms. The van der Waals surface area contributed by atoms with Gasteiger partial charge in [0.15, 0.2) is 0 Å². The van der Waals surface area contributed by atoms with Crippen LogP contribution < -0.4 is 18.9 Å². The summed E-state index contributed by atoms with van der Waals surface area (Å²) in [5.74, 6) is 3.51. The molecule has 0 radical (unpaired) electrons. The van der Waals surface area contributed by atoms with Gasteiger partial charge in [-0.25, -0.2) is 0 Å². The monoisotopic (exact) mass is 1370 g/mol. The maximum Gasteiger partial charge on any atom is 0.128 e. The molecule has 12 nitrogen and oxygen atoms in total. The molecule has 0 aliphatic heterocycles. The van der Waals surface area contributed by atoms with Crippen LogP contribution in [0.25, 0.3) is 24.3 Å². The van der Waals surface area contributed by atoms with Crippen molar-refractivity contribution in [2.24, 2.45) is 0 Å². The third-order valence-electron chi connectivity index (χ3n) is 21.1. The molecule has 562 valence electrons. The molecule has 0 saturated carbocycles. The summed E-state index contributed by atoms with van der Waals surface area (Å²) >= 11 is 0. The summed E-state index contributed by atoms with van der Waals surface area (Å²) < 4.78 is 34.9. The Balaban J connectivity index is 1.74. The predicted octanol–water partition coefficient (Wildman–Crippen LogP) is 17.6.